The number of ether oxygens (including phenoxy) is 1. The van der Waals surface area contributed by atoms with Crippen molar-refractivity contribution in [3.63, 3.8) is 0 Å². The van der Waals surface area contributed by atoms with Crippen LogP contribution in [0.3, 0.4) is 0 Å². The molecular formula is C13H19NO3S. The van der Waals surface area contributed by atoms with Gasteiger partial charge in [0.25, 0.3) is 5.91 Å². The summed E-state index contributed by atoms with van der Waals surface area (Å²) in [6, 6.07) is 1.71. The van der Waals surface area contributed by atoms with Crippen LogP contribution in [0.2, 0.25) is 0 Å². The van der Waals surface area contributed by atoms with Crippen LogP contribution in [-0.2, 0) is 0 Å². The maximum atomic E-state index is 12.4. The fourth-order valence-corrected chi connectivity index (χ4v) is 3.20. The number of rotatable bonds is 3. The van der Waals surface area contributed by atoms with Crippen LogP contribution in [0.15, 0.2) is 11.4 Å². The lowest BCUT2D eigenvalue weighted by Crippen LogP contribution is -2.48. The molecule has 0 saturated carbocycles. The summed E-state index contributed by atoms with van der Waals surface area (Å²) in [5, 5.41) is 11.6. The van der Waals surface area contributed by atoms with E-state index in [1.165, 1.54) is 11.3 Å². The standard InChI is InChI=1S/C13H19NO3S/c1-9(15)11-5-3-4-6-14(11)13(16)12-7-10(17-2)8-18-12/h7-9,11,15H,3-6H2,1-2H3. The van der Waals surface area contributed by atoms with Crippen LogP contribution in [0.5, 0.6) is 5.75 Å². The molecule has 2 unspecified atom stereocenters. The molecule has 1 fully saturated rings. The molecule has 1 saturated heterocycles. The highest BCUT2D eigenvalue weighted by Crippen LogP contribution is 2.27. The van der Waals surface area contributed by atoms with E-state index in [0.717, 1.165) is 25.8 Å². The summed E-state index contributed by atoms with van der Waals surface area (Å²) < 4.78 is 5.10. The van der Waals surface area contributed by atoms with Crippen LogP contribution < -0.4 is 4.74 Å². The molecule has 1 aromatic rings. The number of thiophene rings is 1. The predicted molar refractivity (Wildman–Crippen MR) is 71.2 cm³/mol. The van der Waals surface area contributed by atoms with Crippen LogP contribution in [0.4, 0.5) is 0 Å². The number of likely N-dealkylation sites (tertiary alicyclic amines) is 1. The lowest BCUT2D eigenvalue weighted by molar-refractivity contribution is 0.0284. The van der Waals surface area contributed by atoms with E-state index in [1.807, 2.05) is 5.38 Å². The minimum absolute atomic E-state index is 0.00824. The van der Waals surface area contributed by atoms with Crippen molar-refractivity contribution in [1.29, 1.82) is 0 Å². The summed E-state index contributed by atoms with van der Waals surface area (Å²) >= 11 is 1.39. The monoisotopic (exact) mass is 269 g/mol. The molecule has 1 aliphatic heterocycles. The number of carbonyl (C=O) groups excluding carboxylic acids is 1. The van der Waals surface area contributed by atoms with Crippen molar-refractivity contribution in [2.75, 3.05) is 13.7 Å². The Labute approximate surface area is 111 Å². The zero-order valence-corrected chi connectivity index (χ0v) is 11.6. The average molecular weight is 269 g/mol. The van der Waals surface area contributed by atoms with Gasteiger partial charge in [-0.1, -0.05) is 0 Å². The van der Waals surface area contributed by atoms with Gasteiger partial charge in [0.15, 0.2) is 0 Å². The molecule has 100 valence electrons. The first-order chi connectivity index (χ1) is 8.63. The van der Waals surface area contributed by atoms with E-state index in [1.54, 1.807) is 25.0 Å². The first-order valence-electron chi connectivity index (χ1n) is 6.25. The van der Waals surface area contributed by atoms with Gasteiger partial charge in [-0.15, -0.1) is 11.3 Å². The van der Waals surface area contributed by atoms with Crippen molar-refractivity contribution in [3.05, 3.63) is 16.3 Å². The fraction of sp³-hybridized carbons (Fsp3) is 0.615. The molecule has 2 atom stereocenters. The van der Waals surface area contributed by atoms with Gasteiger partial charge in [0.2, 0.25) is 0 Å². The highest BCUT2D eigenvalue weighted by molar-refractivity contribution is 7.12. The molecule has 0 spiro atoms. The van der Waals surface area contributed by atoms with Gasteiger partial charge in [0.05, 0.1) is 24.1 Å². The Kier molecular flexibility index (Phi) is 4.24. The molecule has 0 radical (unpaired) electrons. The van der Waals surface area contributed by atoms with E-state index < -0.39 is 6.10 Å². The largest absolute Gasteiger partial charge is 0.496 e. The van der Waals surface area contributed by atoms with Gasteiger partial charge >= 0.3 is 0 Å². The van der Waals surface area contributed by atoms with Gasteiger partial charge in [0.1, 0.15) is 5.75 Å². The number of methoxy groups -OCH3 is 1. The number of carbonyl (C=O) groups is 1. The molecule has 2 heterocycles. The minimum atomic E-state index is -0.476. The Morgan fingerprint density at radius 3 is 3.00 bits per heavy atom. The lowest BCUT2D eigenvalue weighted by Gasteiger charge is -2.37. The molecule has 1 aliphatic rings. The van der Waals surface area contributed by atoms with E-state index in [0.29, 0.717) is 10.6 Å². The first kappa shape index (κ1) is 13.4. The smallest absolute Gasteiger partial charge is 0.264 e. The van der Waals surface area contributed by atoms with Crippen LogP contribution in [0.25, 0.3) is 0 Å². The zero-order valence-electron chi connectivity index (χ0n) is 10.8. The molecule has 1 amide bonds. The molecule has 2 rings (SSSR count). The Hall–Kier alpha value is -1.07. The molecule has 5 heteroatoms. The molecule has 1 N–H and O–H groups in total. The van der Waals surface area contributed by atoms with Gasteiger partial charge in [-0.05, 0) is 26.2 Å². The molecule has 0 bridgehead atoms. The van der Waals surface area contributed by atoms with E-state index in [4.69, 9.17) is 4.74 Å². The van der Waals surface area contributed by atoms with Crippen LogP contribution in [0.1, 0.15) is 35.9 Å². The highest BCUT2D eigenvalue weighted by atomic mass is 32.1. The topological polar surface area (TPSA) is 49.8 Å². The van der Waals surface area contributed by atoms with E-state index in [2.05, 4.69) is 0 Å². The SMILES string of the molecule is COc1csc(C(=O)N2CCCCC2C(C)O)c1. The van der Waals surface area contributed by atoms with Crippen molar-refractivity contribution in [3.8, 4) is 5.75 Å². The highest BCUT2D eigenvalue weighted by Gasteiger charge is 2.31. The van der Waals surface area contributed by atoms with Crippen LogP contribution in [0, 0.1) is 0 Å². The number of hydrogen-bond donors (Lipinski definition) is 1. The van der Waals surface area contributed by atoms with Gasteiger partial charge in [0, 0.05) is 18.0 Å². The molecule has 18 heavy (non-hydrogen) atoms. The van der Waals surface area contributed by atoms with Gasteiger partial charge in [-0.2, -0.15) is 0 Å². The third-order valence-electron chi connectivity index (χ3n) is 3.39. The zero-order chi connectivity index (χ0) is 13.1. The summed E-state index contributed by atoms with van der Waals surface area (Å²) in [4.78, 5) is 14.9. The Morgan fingerprint density at radius 2 is 2.39 bits per heavy atom. The minimum Gasteiger partial charge on any atom is -0.496 e. The van der Waals surface area contributed by atoms with E-state index in [-0.39, 0.29) is 11.9 Å². The second kappa shape index (κ2) is 5.71. The predicted octanol–water partition coefficient (Wildman–Crippen LogP) is 2.13. The second-order valence-electron chi connectivity index (χ2n) is 4.65. The number of amides is 1. The maximum absolute atomic E-state index is 12.4. The summed E-state index contributed by atoms with van der Waals surface area (Å²) in [5.41, 5.74) is 0. The first-order valence-corrected chi connectivity index (χ1v) is 7.13. The number of nitrogens with zero attached hydrogens (tertiary/aromatic N) is 1. The number of hydrogen-bond acceptors (Lipinski definition) is 4. The average Bonchev–Trinajstić information content (AvgIpc) is 2.86. The quantitative estimate of drug-likeness (QED) is 0.914. The Balaban J connectivity index is 2.15. The molecule has 4 nitrogen and oxygen atoms in total. The van der Waals surface area contributed by atoms with Crippen molar-refractivity contribution in [2.45, 2.75) is 38.3 Å². The van der Waals surface area contributed by atoms with Crippen LogP contribution in [-0.4, -0.2) is 41.7 Å². The van der Waals surface area contributed by atoms with Crippen LogP contribution >= 0.6 is 11.3 Å². The third-order valence-corrected chi connectivity index (χ3v) is 4.29. The Morgan fingerprint density at radius 1 is 1.61 bits per heavy atom. The van der Waals surface area contributed by atoms with Gasteiger partial charge in [-0.25, -0.2) is 0 Å². The van der Waals surface area contributed by atoms with E-state index in [9.17, 15) is 9.90 Å². The normalized spacial score (nSPS) is 21.7. The summed E-state index contributed by atoms with van der Waals surface area (Å²) in [5.74, 6) is 0.725. The second-order valence-corrected chi connectivity index (χ2v) is 5.56. The van der Waals surface area contributed by atoms with Crippen molar-refractivity contribution in [1.82, 2.24) is 4.90 Å². The van der Waals surface area contributed by atoms with Crippen molar-refractivity contribution >= 4 is 17.2 Å². The molecular weight excluding hydrogens is 250 g/mol. The summed E-state index contributed by atoms with van der Waals surface area (Å²) in [6.07, 6.45) is 2.49. The summed E-state index contributed by atoms with van der Waals surface area (Å²) in [6.45, 7) is 2.49. The number of piperidine rings is 1. The van der Waals surface area contributed by atoms with Crippen molar-refractivity contribution in [2.24, 2.45) is 0 Å². The van der Waals surface area contributed by atoms with E-state index >= 15 is 0 Å². The Bertz CT molecular complexity index is 416. The molecule has 0 aromatic carbocycles. The third kappa shape index (κ3) is 2.67. The number of aliphatic hydroxyl groups is 1. The van der Waals surface area contributed by atoms with Crippen molar-refractivity contribution < 1.29 is 14.6 Å². The number of aliphatic hydroxyl groups excluding tert-OH is 1. The maximum Gasteiger partial charge on any atom is 0.264 e. The fourth-order valence-electron chi connectivity index (χ4n) is 2.39. The lowest BCUT2D eigenvalue weighted by atomic mass is 9.98. The molecule has 0 aliphatic carbocycles. The molecule has 1 aromatic heterocycles. The van der Waals surface area contributed by atoms with Gasteiger partial charge < -0.3 is 14.7 Å². The van der Waals surface area contributed by atoms with Gasteiger partial charge in [-0.3, -0.25) is 4.79 Å². The summed E-state index contributed by atoms with van der Waals surface area (Å²) in [7, 11) is 1.59.